The molecule has 0 spiro atoms. The average molecular weight is 414 g/mol. The highest BCUT2D eigenvalue weighted by atomic mass is 32.2. The Morgan fingerprint density at radius 1 is 0.828 bits per heavy atom. The largest absolute Gasteiger partial charge is 0.360 e. The lowest BCUT2D eigenvalue weighted by Crippen LogP contribution is -2.11. The summed E-state index contributed by atoms with van der Waals surface area (Å²) in [5, 5.41) is 9.55. The Bertz CT molecular complexity index is 1010. The van der Waals surface area contributed by atoms with E-state index in [2.05, 4.69) is 5.16 Å². The van der Waals surface area contributed by atoms with Gasteiger partial charge in [0.05, 0.1) is 10.5 Å². The smallest absolute Gasteiger partial charge is 0.238 e. The number of nitrogens with zero attached hydrogens (tertiary/aromatic N) is 1. The van der Waals surface area contributed by atoms with E-state index in [1.165, 1.54) is 12.1 Å². The van der Waals surface area contributed by atoms with Crippen LogP contribution < -0.4 is 10.9 Å². The minimum absolute atomic E-state index is 0.0837. The second kappa shape index (κ2) is 9.82. The van der Waals surface area contributed by atoms with Gasteiger partial charge in [0.1, 0.15) is 11.5 Å². The van der Waals surface area contributed by atoms with E-state index in [0.717, 1.165) is 73.2 Å². The Labute approximate surface area is 172 Å². The SMILES string of the molecule is NCCCCCCCc1onc(-c2ccccc2)c1-c1ccc(S(N)(=O)=O)cc1. The number of aryl methyl sites for hydroxylation is 1. The highest BCUT2D eigenvalue weighted by Gasteiger charge is 2.19. The molecule has 1 heterocycles. The van der Waals surface area contributed by atoms with Crippen LogP contribution in [0.1, 0.15) is 37.9 Å². The van der Waals surface area contributed by atoms with Crippen LogP contribution in [-0.4, -0.2) is 20.1 Å². The molecule has 0 unspecified atom stereocenters. The van der Waals surface area contributed by atoms with Crippen LogP contribution in [-0.2, 0) is 16.4 Å². The molecule has 29 heavy (non-hydrogen) atoms. The van der Waals surface area contributed by atoms with Gasteiger partial charge in [0, 0.05) is 12.0 Å². The second-order valence-electron chi connectivity index (χ2n) is 7.07. The van der Waals surface area contributed by atoms with Gasteiger partial charge < -0.3 is 10.3 Å². The van der Waals surface area contributed by atoms with Gasteiger partial charge in [0.25, 0.3) is 0 Å². The summed E-state index contributed by atoms with van der Waals surface area (Å²) >= 11 is 0. The first kappa shape index (κ1) is 21.2. The first-order valence-corrected chi connectivity index (χ1v) is 11.4. The fraction of sp³-hybridized carbons (Fsp3) is 0.318. The van der Waals surface area contributed by atoms with Gasteiger partial charge in [0.2, 0.25) is 10.0 Å². The maximum atomic E-state index is 11.6. The summed E-state index contributed by atoms with van der Waals surface area (Å²) in [4.78, 5) is 0.0837. The predicted molar refractivity (Wildman–Crippen MR) is 115 cm³/mol. The second-order valence-corrected chi connectivity index (χ2v) is 8.63. The third-order valence-electron chi connectivity index (χ3n) is 4.89. The van der Waals surface area contributed by atoms with Crippen molar-refractivity contribution in [2.24, 2.45) is 10.9 Å². The van der Waals surface area contributed by atoms with Gasteiger partial charge in [-0.05, 0) is 37.1 Å². The molecule has 0 saturated carbocycles. The minimum atomic E-state index is -3.73. The molecular weight excluding hydrogens is 386 g/mol. The van der Waals surface area contributed by atoms with Crippen LogP contribution in [0.4, 0.5) is 0 Å². The average Bonchev–Trinajstić information content (AvgIpc) is 3.14. The molecule has 3 aromatic rings. The molecule has 6 nitrogen and oxygen atoms in total. The number of nitrogens with two attached hydrogens (primary N) is 2. The lowest BCUT2D eigenvalue weighted by atomic mass is 9.97. The van der Waals surface area contributed by atoms with E-state index in [1.54, 1.807) is 12.1 Å². The maximum absolute atomic E-state index is 11.6. The number of rotatable bonds is 10. The van der Waals surface area contributed by atoms with E-state index in [0.29, 0.717) is 0 Å². The minimum Gasteiger partial charge on any atom is -0.360 e. The summed E-state index contributed by atoms with van der Waals surface area (Å²) in [5.41, 5.74) is 9.02. The number of benzene rings is 2. The summed E-state index contributed by atoms with van der Waals surface area (Å²) in [6, 6.07) is 16.4. The van der Waals surface area contributed by atoms with Crippen molar-refractivity contribution in [1.82, 2.24) is 5.16 Å². The van der Waals surface area contributed by atoms with Crippen LogP contribution >= 0.6 is 0 Å². The summed E-state index contributed by atoms with van der Waals surface area (Å²) in [6.45, 7) is 0.737. The van der Waals surface area contributed by atoms with E-state index in [-0.39, 0.29) is 4.90 Å². The molecule has 0 atom stereocenters. The van der Waals surface area contributed by atoms with Gasteiger partial charge in [-0.25, -0.2) is 13.6 Å². The van der Waals surface area contributed by atoms with Gasteiger partial charge in [-0.3, -0.25) is 0 Å². The fourth-order valence-corrected chi connectivity index (χ4v) is 3.87. The number of sulfonamides is 1. The molecule has 4 N–H and O–H groups in total. The number of hydrogen-bond acceptors (Lipinski definition) is 5. The molecule has 0 radical (unpaired) electrons. The lowest BCUT2D eigenvalue weighted by molar-refractivity contribution is 0.381. The highest BCUT2D eigenvalue weighted by molar-refractivity contribution is 7.89. The molecule has 2 aromatic carbocycles. The molecule has 0 amide bonds. The highest BCUT2D eigenvalue weighted by Crippen LogP contribution is 2.35. The van der Waals surface area contributed by atoms with Crippen molar-refractivity contribution in [1.29, 1.82) is 0 Å². The van der Waals surface area contributed by atoms with Crippen molar-refractivity contribution >= 4 is 10.0 Å². The van der Waals surface area contributed by atoms with E-state index < -0.39 is 10.0 Å². The van der Waals surface area contributed by atoms with Crippen molar-refractivity contribution in [3.63, 3.8) is 0 Å². The number of hydrogen-bond donors (Lipinski definition) is 2. The van der Waals surface area contributed by atoms with Gasteiger partial charge >= 0.3 is 0 Å². The number of aromatic nitrogens is 1. The van der Waals surface area contributed by atoms with Crippen LogP contribution in [0.2, 0.25) is 0 Å². The molecule has 0 aliphatic rings. The van der Waals surface area contributed by atoms with E-state index in [9.17, 15) is 8.42 Å². The predicted octanol–water partition coefficient (Wildman–Crippen LogP) is 4.11. The summed E-state index contributed by atoms with van der Waals surface area (Å²) in [5.74, 6) is 0.811. The van der Waals surface area contributed by atoms with Crippen LogP contribution in [0, 0.1) is 0 Å². The third kappa shape index (κ3) is 5.53. The molecule has 3 rings (SSSR count). The first-order valence-electron chi connectivity index (χ1n) is 9.88. The Kier molecular flexibility index (Phi) is 7.19. The fourth-order valence-electron chi connectivity index (χ4n) is 3.36. The van der Waals surface area contributed by atoms with Crippen molar-refractivity contribution < 1.29 is 12.9 Å². The summed E-state index contributed by atoms with van der Waals surface area (Å²) in [7, 11) is -3.73. The molecule has 0 fully saturated rings. The summed E-state index contributed by atoms with van der Waals surface area (Å²) < 4.78 is 28.9. The van der Waals surface area contributed by atoms with E-state index >= 15 is 0 Å². The zero-order valence-corrected chi connectivity index (χ0v) is 17.2. The third-order valence-corrected chi connectivity index (χ3v) is 5.82. The topological polar surface area (TPSA) is 112 Å². The van der Waals surface area contributed by atoms with Gasteiger partial charge in [-0.2, -0.15) is 0 Å². The van der Waals surface area contributed by atoms with Crippen molar-refractivity contribution in [2.45, 2.75) is 43.4 Å². The van der Waals surface area contributed by atoms with Crippen molar-refractivity contribution in [2.75, 3.05) is 6.54 Å². The van der Waals surface area contributed by atoms with Crippen LogP contribution in [0.25, 0.3) is 22.4 Å². The van der Waals surface area contributed by atoms with Crippen molar-refractivity contribution in [3.05, 3.63) is 60.4 Å². The number of unbranched alkanes of at least 4 members (excludes halogenated alkanes) is 4. The molecule has 154 valence electrons. The molecule has 0 aliphatic heterocycles. The molecule has 0 saturated heterocycles. The molecule has 1 aromatic heterocycles. The quantitative estimate of drug-likeness (QED) is 0.486. The number of primary sulfonamides is 1. The van der Waals surface area contributed by atoms with Gasteiger partial charge in [-0.1, -0.05) is 66.9 Å². The monoisotopic (exact) mass is 413 g/mol. The van der Waals surface area contributed by atoms with Crippen LogP contribution in [0.3, 0.4) is 0 Å². The van der Waals surface area contributed by atoms with E-state index in [1.807, 2.05) is 30.3 Å². The Balaban J connectivity index is 1.89. The standard InChI is InChI=1S/C22H27N3O3S/c23-16-8-3-1-2-7-11-20-21(17-12-14-19(15-13-17)29(24,26)27)22(25-28-20)18-9-5-4-6-10-18/h4-6,9-10,12-15H,1-3,7-8,11,16,23H2,(H2,24,26,27). The van der Waals surface area contributed by atoms with Gasteiger partial charge in [-0.15, -0.1) is 0 Å². The van der Waals surface area contributed by atoms with Gasteiger partial charge in [0.15, 0.2) is 0 Å². The Morgan fingerprint density at radius 3 is 2.14 bits per heavy atom. The van der Waals surface area contributed by atoms with Crippen molar-refractivity contribution in [3.8, 4) is 22.4 Å². The molecule has 0 aliphatic carbocycles. The Morgan fingerprint density at radius 2 is 1.48 bits per heavy atom. The zero-order valence-electron chi connectivity index (χ0n) is 16.4. The molecular formula is C22H27N3O3S. The maximum Gasteiger partial charge on any atom is 0.238 e. The lowest BCUT2D eigenvalue weighted by Gasteiger charge is -2.06. The molecule has 7 heteroatoms. The normalized spacial score (nSPS) is 11.7. The first-order chi connectivity index (χ1) is 14.0. The van der Waals surface area contributed by atoms with Crippen LogP contribution in [0.15, 0.2) is 64.0 Å². The van der Waals surface area contributed by atoms with Crippen LogP contribution in [0.5, 0.6) is 0 Å². The molecule has 0 bridgehead atoms. The Hall–Kier alpha value is -2.48. The zero-order chi connectivity index (χ0) is 20.7. The van der Waals surface area contributed by atoms with E-state index in [4.69, 9.17) is 15.4 Å². The summed E-state index contributed by atoms with van der Waals surface area (Å²) in [6.07, 6.45) is 6.22.